The monoisotopic (exact) mass is 458 g/mol. The van der Waals surface area contributed by atoms with Gasteiger partial charge in [0.2, 0.25) is 0 Å². The molecule has 2 aromatic heterocycles. The Bertz CT molecular complexity index is 893. The highest BCUT2D eigenvalue weighted by molar-refractivity contribution is 7.99. The van der Waals surface area contributed by atoms with Crippen LogP contribution in [0.15, 0.2) is 14.7 Å². The maximum Gasteiger partial charge on any atom is 0.329 e. The summed E-state index contributed by atoms with van der Waals surface area (Å²) in [4.78, 5) is 31.3. The van der Waals surface area contributed by atoms with E-state index < -0.39 is 17.4 Å². The van der Waals surface area contributed by atoms with Crippen LogP contribution in [0, 0.1) is 0 Å². The molecule has 1 atom stereocenters. The molecule has 9 heteroatoms. The molecule has 2 heterocycles. The quantitative estimate of drug-likeness (QED) is 0.239. The number of aliphatic hydroxyl groups is 1. The van der Waals surface area contributed by atoms with Gasteiger partial charge in [0.1, 0.15) is 0 Å². The Morgan fingerprint density at radius 2 is 1.67 bits per heavy atom. The fraction of sp³-hybridized carbons (Fsp3) is 0.762. The lowest BCUT2D eigenvalue weighted by Crippen LogP contribution is -2.29. The standard InChI is InChI=1S/C21H35ClN4O3S/c1-3-4-5-6-7-8-9-10-11-12-13-26-17-18(25(2)20(29)24-19(17)28)23-21(26)30-15-16(27)14-22/h16,27H,3-15H2,1-2H3,(H,24,28,29). The van der Waals surface area contributed by atoms with Gasteiger partial charge in [-0.25, -0.2) is 9.78 Å². The van der Waals surface area contributed by atoms with Gasteiger partial charge in [0, 0.05) is 25.2 Å². The minimum absolute atomic E-state index is 0.144. The van der Waals surface area contributed by atoms with E-state index in [1.165, 1.54) is 67.7 Å². The van der Waals surface area contributed by atoms with Crippen molar-refractivity contribution in [2.45, 2.75) is 88.9 Å². The Hall–Kier alpha value is -1.25. The van der Waals surface area contributed by atoms with Gasteiger partial charge in [0.05, 0.1) is 6.10 Å². The molecular formula is C21H35ClN4O3S. The van der Waals surface area contributed by atoms with E-state index in [0.717, 1.165) is 12.8 Å². The van der Waals surface area contributed by atoms with E-state index in [1.54, 1.807) is 7.05 Å². The van der Waals surface area contributed by atoms with Crippen molar-refractivity contribution >= 4 is 34.5 Å². The van der Waals surface area contributed by atoms with Gasteiger partial charge >= 0.3 is 5.69 Å². The molecule has 7 nitrogen and oxygen atoms in total. The van der Waals surface area contributed by atoms with Crippen molar-refractivity contribution in [2.75, 3.05) is 11.6 Å². The molecule has 0 spiro atoms. The largest absolute Gasteiger partial charge is 0.391 e. The van der Waals surface area contributed by atoms with E-state index in [-0.39, 0.29) is 5.88 Å². The number of hydrogen-bond acceptors (Lipinski definition) is 5. The van der Waals surface area contributed by atoms with Crippen LogP contribution in [0.5, 0.6) is 0 Å². The third kappa shape index (κ3) is 7.17. The second kappa shape index (κ2) is 13.2. The molecule has 2 N–H and O–H groups in total. The molecule has 170 valence electrons. The van der Waals surface area contributed by atoms with Crippen LogP contribution in [-0.2, 0) is 13.6 Å². The van der Waals surface area contributed by atoms with Crippen LogP contribution >= 0.6 is 23.4 Å². The lowest BCUT2D eigenvalue weighted by atomic mass is 10.1. The number of alkyl halides is 1. The SMILES string of the molecule is CCCCCCCCCCCCn1c(SCC(O)CCl)nc2c1c(=O)[nH]c(=O)n2C. The summed E-state index contributed by atoms with van der Waals surface area (Å²) in [7, 11) is 1.60. The second-order valence-electron chi connectivity index (χ2n) is 7.84. The first-order valence-corrected chi connectivity index (χ1v) is 12.6. The van der Waals surface area contributed by atoms with Gasteiger partial charge in [-0.3, -0.25) is 14.3 Å². The van der Waals surface area contributed by atoms with Crippen molar-refractivity contribution in [2.24, 2.45) is 7.05 Å². The smallest absolute Gasteiger partial charge is 0.329 e. The molecule has 0 aliphatic carbocycles. The highest BCUT2D eigenvalue weighted by Crippen LogP contribution is 2.23. The van der Waals surface area contributed by atoms with Crippen LogP contribution in [0.4, 0.5) is 0 Å². The predicted molar refractivity (Wildman–Crippen MR) is 125 cm³/mol. The van der Waals surface area contributed by atoms with Gasteiger partial charge in [-0.2, -0.15) is 0 Å². The number of nitrogens with zero attached hydrogens (tertiary/aromatic N) is 3. The molecule has 30 heavy (non-hydrogen) atoms. The summed E-state index contributed by atoms with van der Waals surface area (Å²) in [6.45, 7) is 2.90. The minimum atomic E-state index is -0.649. The zero-order chi connectivity index (χ0) is 21.9. The Balaban J connectivity index is 1.97. The van der Waals surface area contributed by atoms with Crippen LogP contribution < -0.4 is 11.2 Å². The van der Waals surface area contributed by atoms with Crippen LogP contribution in [0.2, 0.25) is 0 Å². The Labute approximate surface area is 187 Å². The molecule has 0 bridgehead atoms. The number of fused-ring (bicyclic) bond motifs is 1. The van der Waals surface area contributed by atoms with Crippen molar-refractivity contribution in [3.63, 3.8) is 0 Å². The van der Waals surface area contributed by atoms with E-state index >= 15 is 0 Å². The van der Waals surface area contributed by atoms with Gasteiger partial charge in [-0.15, -0.1) is 11.6 Å². The lowest BCUT2D eigenvalue weighted by molar-refractivity contribution is 0.223. The van der Waals surface area contributed by atoms with Crippen molar-refractivity contribution < 1.29 is 5.11 Å². The molecule has 0 saturated carbocycles. The van der Waals surface area contributed by atoms with Crippen molar-refractivity contribution in [1.29, 1.82) is 0 Å². The fourth-order valence-electron chi connectivity index (χ4n) is 3.50. The minimum Gasteiger partial charge on any atom is -0.391 e. The topological polar surface area (TPSA) is 92.9 Å². The van der Waals surface area contributed by atoms with Crippen molar-refractivity contribution in [3.05, 3.63) is 20.8 Å². The first-order valence-electron chi connectivity index (χ1n) is 11.1. The molecular weight excluding hydrogens is 424 g/mol. The number of rotatable bonds is 15. The number of halogens is 1. The average Bonchev–Trinajstić information content (AvgIpc) is 3.10. The number of aliphatic hydroxyl groups excluding tert-OH is 1. The third-order valence-corrected chi connectivity index (χ3v) is 6.77. The number of aromatic amines is 1. The number of imidazole rings is 1. The molecule has 0 radical (unpaired) electrons. The molecule has 0 aliphatic rings. The number of unbranched alkanes of at least 4 members (excludes halogenated alkanes) is 9. The molecule has 0 saturated heterocycles. The number of H-pyrrole nitrogens is 1. The van der Waals surface area contributed by atoms with Gasteiger partial charge in [-0.1, -0.05) is 76.5 Å². The Kier molecular flexibility index (Phi) is 11.0. The number of nitrogens with one attached hydrogen (secondary N) is 1. The van der Waals surface area contributed by atoms with E-state index in [0.29, 0.717) is 28.6 Å². The van der Waals surface area contributed by atoms with E-state index in [4.69, 9.17) is 11.6 Å². The molecule has 0 fully saturated rings. The highest BCUT2D eigenvalue weighted by Gasteiger charge is 2.18. The van der Waals surface area contributed by atoms with Gasteiger partial charge in [-0.05, 0) is 6.42 Å². The lowest BCUT2D eigenvalue weighted by Gasteiger charge is -2.10. The summed E-state index contributed by atoms with van der Waals surface area (Å²) in [5.74, 6) is 0.529. The third-order valence-electron chi connectivity index (χ3n) is 5.29. The van der Waals surface area contributed by atoms with Crippen LogP contribution in [-0.4, -0.2) is 41.9 Å². The first kappa shape index (κ1) is 25.0. The normalized spacial score (nSPS) is 12.7. The zero-order valence-corrected chi connectivity index (χ0v) is 19.7. The first-order chi connectivity index (χ1) is 14.5. The number of hydrogen-bond donors (Lipinski definition) is 2. The van der Waals surface area contributed by atoms with Crippen LogP contribution in [0.25, 0.3) is 11.2 Å². The summed E-state index contributed by atoms with van der Waals surface area (Å²) in [5.41, 5.74) is -0.111. The summed E-state index contributed by atoms with van der Waals surface area (Å²) in [6, 6.07) is 0. The van der Waals surface area contributed by atoms with Gasteiger partial charge < -0.3 is 9.67 Å². The second-order valence-corrected chi connectivity index (χ2v) is 9.13. The highest BCUT2D eigenvalue weighted by atomic mass is 35.5. The Morgan fingerprint density at radius 1 is 1.07 bits per heavy atom. The molecule has 2 aromatic rings. The average molecular weight is 459 g/mol. The summed E-state index contributed by atoms with van der Waals surface area (Å²) < 4.78 is 3.23. The molecule has 2 rings (SSSR count). The van der Waals surface area contributed by atoms with E-state index in [9.17, 15) is 14.7 Å². The summed E-state index contributed by atoms with van der Waals surface area (Å²) in [6.07, 6.45) is 11.7. The van der Waals surface area contributed by atoms with Crippen LogP contribution in [0.1, 0.15) is 71.1 Å². The number of thioether (sulfide) groups is 1. The Morgan fingerprint density at radius 3 is 2.27 bits per heavy atom. The summed E-state index contributed by atoms with van der Waals surface area (Å²) in [5, 5.41) is 10.4. The maximum absolute atomic E-state index is 12.5. The molecule has 1 unspecified atom stereocenters. The molecule has 0 amide bonds. The molecule has 0 aromatic carbocycles. The van der Waals surface area contributed by atoms with Gasteiger partial charge in [0.15, 0.2) is 16.3 Å². The summed E-state index contributed by atoms with van der Waals surface area (Å²) >= 11 is 7.06. The number of aryl methyl sites for hydroxylation is 2. The number of aromatic nitrogens is 4. The fourth-order valence-corrected chi connectivity index (χ4v) is 4.69. The predicted octanol–water partition coefficient (Wildman–Crippen LogP) is 4.04. The van der Waals surface area contributed by atoms with Crippen molar-refractivity contribution in [1.82, 2.24) is 19.1 Å². The maximum atomic E-state index is 12.5. The van der Waals surface area contributed by atoms with E-state index in [1.807, 2.05) is 4.57 Å². The molecule has 0 aliphatic heterocycles. The van der Waals surface area contributed by atoms with Crippen molar-refractivity contribution in [3.8, 4) is 0 Å². The van der Waals surface area contributed by atoms with Gasteiger partial charge in [0.25, 0.3) is 5.56 Å². The van der Waals surface area contributed by atoms with Crippen LogP contribution in [0.3, 0.4) is 0 Å². The van der Waals surface area contributed by atoms with E-state index in [2.05, 4.69) is 16.9 Å². The zero-order valence-electron chi connectivity index (χ0n) is 18.2.